The number of benzene rings is 1. The van der Waals surface area contributed by atoms with Crippen molar-refractivity contribution in [2.24, 2.45) is 0 Å². The van der Waals surface area contributed by atoms with E-state index in [1.807, 2.05) is 0 Å². The molecule has 0 spiro atoms. The highest BCUT2D eigenvalue weighted by molar-refractivity contribution is 8.01. The smallest absolute Gasteiger partial charge is 0.327 e. The number of amides is 1. The second-order valence-electron chi connectivity index (χ2n) is 6.30. The first kappa shape index (κ1) is 17.2. The topological polar surface area (TPSA) is 101 Å². The Morgan fingerprint density at radius 3 is 2.54 bits per heavy atom. The van der Waals surface area contributed by atoms with Gasteiger partial charge in [-0.1, -0.05) is 30.3 Å². The molecule has 0 unspecified atom stereocenters. The minimum atomic E-state index is -3.95. The summed E-state index contributed by atoms with van der Waals surface area (Å²) in [6, 6.07) is 7.53. The van der Waals surface area contributed by atoms with Gasteiger partial charge in [-0.15, -0.1) is 11.8 Å². The summed E-state index contributed by atoms with van der Waals surface area (Å²) >= 11 is 1.25. The number of carbonyl (C=O) groups excluding carboxylic acids is 1. The van der Waals surface area contributed by atoms with Crippen LogP contribution < -0.4 is 0 Å². The van der Waals surface area contributed by atoms with Gasteiger partial charge in [0.25, 0.3) is 16.0 Å². The third-order valence-electron chi connectivity index (χ3n) is 4.06. The molecule has 0 radical (unpaired) electrons. The zero-order valence-corrected chi connectivity index (χ0v) is 14.7. The Hall–Kier alpha value is -1.58. The Labute approximate surface area is 144 Å². The fraction of sp³-hybridized carbons (Fsp3) is 0.467. The van der Waals surface area contributed by atoms with E-state index in [2.05, 4.69) is 0 Å². The van der Waals surface area contributed by atoms with Crippen LogP contribution in [0.2, 0.25) is 0 Å². The molecule has 1 aromatic carbocycles. The lowest BCUT2D eigenvalue weighted by Crippen LogP contribution is -2.66. The molecule has 2 aliphatic rings. The second kappa shape index (κ2) is 5.75. The summed E-state index contributed by atoms with van der Waals surface area (Å²) in [6.45, 7) is 3.44. The van der Waals surface area contributed by atoms with Gasteiger partial charge in [0.1, 0.15) is 17.2 Å². The minimum absolute atomic E-state index is 0.333. The number of hydrogen-bond donors (Lipinski definition) is 1. The number of carboxylic acids is 1. The lowest BCUT2D eigenvalue weighted by atomic mass is 9.97. The highest BCUT2D eigenvalue weighted by atomic mass is 32.2. The average molecular weight is 371 g/mol. The summed E-state index contributed by atoms with van der Waals surface area (Å²) in [7, 11) is -3.95. The SMILES string of the molecule is CC1(C)S[C@@H]2[C@H](OS(=O)(=O)Cc3ccccc3)C(=O)N2[C@H]1C(=O)O. The number of fused-ring (bicyclic) bond motifs is 1. The standard InChI is InChI=1S/C15H17NO6S2/c1-15(2)11(14(18)19)16-12(17)10(13(16)23-15)22-24(20,21)8-9-6-4-3-5-7-9/h3-7,10-11,13H,8H2,1-2H3,(H,18,19)/t10-,11+,13-/m1/s1. The van der Waals surface area contributed by atoms with Crippen LogP contribution in [0.25, 0.3) is 0 Å². The molecule has 0 bridgehead atoms. The van der Waals surface area contributed by atoms with Gasteiger partial charge < -0.3 is 10.0 Å². The van der Waals surface area contributed by atoms with Crippen LogP contribution in [0.5, 0.6) is 0 Å². The molecular formula is C15H17NO6S2. The van der Waals surface area contributed by atoms with Gasteiger partial charge in [-0.3, -0.25) is 8.98 Å². The van der Waals surface area contributed by atoms with E-state index in [0.29, 0.717) is 5.56 Å². The van der Waals surface area contributed by atoms with Crippen molar-refractivity contribution in [2.75, 3.05) is 0 Å². The summed E-state index contributed by atoms with van der Waals surface area (Å²) in [5.74, 6) is -2.03. The first-order chi connectivity index (χ1) is 11.1. The highest BCUT2D eigenvalue weighted by Crippen LogP contribution is 2.51. The Kier molecular flexibility index (Phi) is 4.13. The molecule has 9 heteroatoms. The zero-order chi connectivity index (χ0) is 17.7. The van der Waals surface area contributed by atoms with E-state index in [4.69, 9.17) is 4.18 Å². The van der Waals surface area contributed by atoms with E-state index < -0.39 is 44.3 Å². The summed E-state index contributed by atoms with van der Waals surface area (Å²) < 4.78 is 28.8. The van der Waals surface area contributed by atoms with Crippen molar-refractivity contribution in [1.82, 2.24) is 4.90 Å². The molecule has 2 heterocycles. The quantitative estimate of drug-likeness (QED) is 0.610. The average Bonchev–Trinajstić information content (AvgIpc) is 2.74. The van der Waals surface area contributed by atoms with E-state index in [1.54, 1.807) is 44.2 Å². The molecule has 1 aromatic rings. The van der Waals surface area contributed by atoms with Crippen LogP contribution in [0, 0.1) is 0 Å². The maximum absolute atomic E-state index is 12.2. The molecule has 24 heavy (non-hydrogen) atoms. The van der Waals surface area contributed by atoms with Gasteiger partial charge in [0.15, 0.2) is 6.10 Å². The summed E-state index contributed by atoms with van der Waals surface area (Å²) in [6.07, 6.45) is -1.16. The molecule has 2 aliphatic heterocycles. The van der Waals surface area contributed by atoms with Crippen molar-refractivity contribution >= 4 is 33.8 Å². The van der Waals surface area contributed by atoms with E-state index in [-0.39, 0.29) is 5.75 Å². The molecule has 0 aromatic heterocycles. The van der Waals surface area contributed by atoms with Crippen molar-refractivity contribution in [1.29, 1.82) is 0 Å². The molecular weight excluding hydrogens is 354 g/mol. The molecule has 3 atom stereocenters. The van der Waals surface area contributed by atoms with Gasteiger partial charge in [0.2, 0.25) is 0 Å². The lowest BCUT2D eigenvalue weighted by molar-refractivity contribution is -0.167. The Morgan fingerprint density at radius 2 is 1.96 bits per heavy atom. The molecule has 3 rings (SSSR count). The third kappa shape index (κ3) is 2.91. The van der Waals surface area contributed by atoms with Crippen LogP contribution in [-0.2, 0) is 29.6 Å². The van der Waals surface area contributed by atoms with Crippen molar-refractivity contribution in [3.05, 3.63) is 35.9 Å². The molecule has 1 N–H and O–H groups in total. The van der Waals surface area contributed by atoms with E-state index in [9.17, 15) is 23.1 Å². The van der Waals surface area contributed by atoms with Crippen LogP contribution in [-0.4, -0.2) is 52.6 Å². The van der Waals surface area contributed by atoms with E-state index in [1.165, 1.54) is 16.7 Å². The summed E-state index contributed by atoms with van der Waals surface area (Å²) in [5, 5.41) is 8.74. The van der Waals surface area contributed by atoms with Gasteiger partial charge in [-0.05, 0) is 19.4 Å². The second-order valence-corrected chi connectivity index (χ2v) is 9.67. The van der Waals surface area contributed by atoms with Crippen LogP contribution in [0.1, 0.15) is 19.4 Å². The number of rotatable bonds is 5. The maximum Gasteiger partial charge on any atom is 0.327 e. The van der Waals surface area contributed by atoms with Crippen molar-refractivity contribution < 1.29 is 27.3 Å². The Balaban J connectivity index is 1.74. The molecule has 0 saturated carbocycles. The van der Waals surface area contributed by atoms with Gasteiger partial charge >= 0.3 is 5.97 Å². The summed E-state index contributed by atoms with van der Waals surface area (Å²) in [5.41, 5.74) is 0.559. The van der Waals surface area contributed by atoms with Gasteiger partial charge in [0.05, 0.1) is 0 Å². The predicted octanol–water partition coefficient (Wildman–Crippen LogP) is 1.05. The van der Waals surface area contributed by atoms with Crippen LogP contribution in [0.3, 0.4) is 0 Å². The van der Waals surface area contributed by atoms with Crippen molar-refractivity contribution in [3.8, 4) is 0 Å². The number of hydrogen-bond acceptors (Lipinski definition) is 6. The van der Waals surface area contributed by atoms with Crippen molar-refractivity contribution in [2.45, 2.75) is 41.9 Å². The highest BCUT2D eigenvalue weighted by Gasteiger charge is 2.65. The molecule has 0 aliphatic carbocycles. The molecule has 2 fully saturated rings. The molecule has 1 amide bonds. The zero-order valence-electron chi connectivity index (χ0n) is 13.1. The van der Waals surface area contributed by atoms with Crippen LogP contribution in [0.4, 0.5) is 0 Å². The van der Waals surface area contributed by atoms with Gasteiger partial charge in [0, 0.05) is 4.75 Å². The minimum Gasteiger partial charge on any atom is -0.480 e. The van der Waals surface area contributed by atoms with E-state index >= 15 is 0 Å². The first-order valence-electron chi connectivity index (χ1n) is 7.30. The normalized spacial score (nSPS) is 28.3. The number of aliphatic carboxylic acids is 1. The largest absolute Gasteiger partial charge is 0.480 e. The third-order valence-corrected chi connectivity index (χ3v) is 6.80. The number of carbonyl (C=O) groups is 2. The molecule has 2 saturated heterocycles. The van der Waals surface area contributed by atoms with Gasteiger partial charge in [-0.25, -0.2) is 4.79 Å². The fourth-order valence-corrected chi connectivity index (χ4v) is 5.88. The maximum atomic E-state index is 12.2. The van der Waals surface area contributed by atoms with Gasteiger partial charge in [-0.2, -0.15) is 8.42 Å². The Bertz CT molecular complexity index is 776. The van der Waals surface area contributed by atoms with E-state index in [0.717, 1.165) is 0 Å². The number of nitrogens with zero attached hydrogens (tertiary/aromatic N) is 1. The first-order valence-corrected chi connectivity index (χ1v) is 9.76. The number of thioether (sulfide) groups is 1. The number of β-lactam (4-membered cyclic amide) rings is 1. The molecule has 130 valence electrons. The van der Waals surface area contributed by atoms with Crippen LogP contribution in [0.15, 0.2) is 30.3 Å². The summed E-state index contributed by atoms with van der Waals surface area (Å²) in [4.78, 5) is 24.9. The monoisotopic (exact) mass is 371 g/mol. The predicted molar refractivity (Wildman–Crippen MR) is 87.7 cm³/mol. The van der Waals surface area contributed by atoms with Crippen molar-refractivity contribution in [3.63, 3.8) is 0 Å². The fourth-order valence-electron chi connectivity index (χ4n) is 3.04. The lowest BCUT2D eigenvalue weighted by Gasteiger charge is -2.42. The Morgan fingerprint density at radius 1 is 1.33 bits per heavy atom. The molecule has 7 nitrogen and oxygen atoms in total. The van der Waals surface area contributed by atoms with Crippen LogP contribution >= 0.6 is 11.8 Å². The number of carboxylic acid groups (broad SMARTS) is 1.